The molecule has 0 aromatic rings. The zero-order chi connectivity index (χ0) is 12.5. The topological polar surface area (TPSA) is 66.6 Å². The summed E-state index contributed by atoms with van der Waals surface area (Å²) < 4.78 is 0. The summed E-state index contributed by atoms with van der Waals surface area (Å²) in [4.78, 5) is 12.6. The van der Waals surface area contributed by atoms with Crippen LogP contribution in [0.2, 0.25) is 0 Å². The van der Waals surface area contributed by atoms with Crippen molar-refractivity contribution in [1.82, 2.24) is 4.90 Å². The predicted molar refractivity (Wildman–Crippen MR) is 71.8 cm³/mol. The van der Waals surface area contributed by atoms with Crippen molar-refractivity contribution >= 4 is 17.7 Å². The minimum Gasteiger partial charge on any atom is -0.396 e. The van der Waals surface area contributed by atoms with Gasteiger partial charge < -0.3 is 15.7 Å². The molecule has 17 heavy (non-hydrogen) atoms. The maximum absolute atomic E-state index is 10.8. The average Bonchev–Trinajstić information content (AvgIpc) is 2.93. The van der Waals surface area contributed by atoms with Crippen molar-refractivity contribution in [3.63, 3.8) is 0 Å². The fraction of sp³-hybridized carbons (Fsp3) is 0.917. The number of nitrogens with two attached hydrogens (primary N) is 1. The first-order valence-corrected chi connectivity index (χ1v) is 7.60. The van der Waals surface area contributed by atoms with Crippen LogP contribution in [0.15, 0.2) is 0 Å². The molecule has 1 aliphatic heterocycles. The Morgan fingerprint density at radius 3 is 2.47 bits per heavy atom. The number of carbonyl (C=O) groups excluding carboxylic acids is 1. The highest BCUT2D eigenvalue weighted by molar-refractivity contribution is 7.99. The summed E-state index contributed by atoms with van der Waals surface area (Å²) in [5.41, 5.74) is 5.15. The summed E-state index contributed by atoms with van der Waals surface area (Å²) in [6.45, 7) is 1.45. The van der Waals surface area contributed by atoms with Crippen LogP contribution in [0, 0.1) is 5.92 Å². The normalized spacial score (nSPS) is 20.9. The summed E-state index contributed by atoms with van der Waals surface area (Å²) >= 11 is 1.78. The van der Waals surface area contributed by atoms with Gasteiger partial charge in [0.2, 0.25) is 5.91 Å². The van der Waals surface area contributed by atoms with Crippen LogP contribution in [0.4, 0.5) is 0 Å². The molecule has 100 valence electrons. The fourth-order valence-corrected chi connectivity index (χ4v) is 3.08. The maximum atomic E-state index is 10.8. The van der Waals surface area contributed by atoms with E-state index in [0.29, 0.717) is 12.5 Å². The second-order valence-corrected chi connectivity index (χ2v) is 5.66. The van der Waals surface area contributed by atoms with Gasteiger partial charge in [-0.3, -0.25) is 4.79 Å². The van der Waals surface area contributed by atoms with E-state index in [0.717, 1.165) is 18.2 Å². The minimum atomic E-state index is 0.0694. The summed E-state index contributed by atoms with van der Waals surface area (Å²) in [6, 6.07) is 0. The molecule has 1 saturated carbocycles. The van der Waals surface area contributed by atoms with Crippen LogP contribution in [-0.4, -0.2) is 47.2 Å². The van der Waals surface area contributed by atoms with Crippen molar-refractivity contribution in [2.75, 3.05) is 31.3 Å². The lowest BCUT2D eigenvalue weighted by Crippen LogP contribution is -2.33. The minimum absolute atomic E-state index is 0.0694. The maximum Gasteiger partial charge on any atom is 0.237 e. The second-order valence-electron chi connectivity index (χ2n) is 4.59. The van der Waals surface area contributed by atoms with Crippen LogP contribution >= 0.6 is 11.8 Å². The van der Waals surface area contributed by atoms with E-state index >= 15 is 0 Å². The fourth-order valence-electron chi connectivity index (χ4n) is 2.11. The van der Waals surface area contributed by atoms with Crippen LogP contribution in [0.5, 0.6) is 0 Å². The number of thioether (sulfide) groups is 1. The lowest BCUT2D eigenvalue weighted by atomic mass is 9.90. The lowest BCUT2D eigenvalue weighted by molar-refractivity contribution is -0.128. The molecule has 0 radical (unpaired) electrons. The molecule has 5 heteroatoms. The Bertz CT molecular complexity index is 215. The van der Waals surface area contributed by atoms with Gasteiger partial charge in [-0.25, -0.2) is 0 Å². The van der Waals surface area contributed by atoms with Crippen LogP contribution in [0.25, 0.3) is 0 Å². The van der Waals surface area contributed by atoms with E-state index in [1.54, 1.807) is 16.7 Å². The molecular formula is C12H24N2O2S. The van der Waals surface area contributed by atoms with Gasteiger partial charge in [0.1, 0.15) is 0 Å². The largest absolute Gasteiger partial charge is 0.396 e. The Kier molecular flexibility index (Phi) is 7.64. The molecule has 0 aromatic carbocycles. The van der Waals surface area contributed by atoms with Crippen molar-refractivity contribution in [3.05, 3.63) is 0 Å². The average molecular weight is 260 g/mol. The van der Waals surface area contributed by atoms with E-state index in [2.05, 4.69) is 0 Å². The molecule has 1 aliphatic carbocycles. The molecule has 0 bridgehead atoms. The van der Waals surface area contributed by atoms with Crippen LogP contribution in [-0.2, 0) is 4.79 Å². The number of aliphatic hydroxyl groups excluding tert-OH is 1. The molecular weight excluding hydrogens is 236 g/mol. The third kappa shape index (κ3) is 5.75. The van der Waals surface area contributed by atoms with Crippen molar-refractivity contribution in [2.45, 2.75) is 32.1 Å². The number of nitrogens with zero attached hydrogens (tertiary/aromatic N) is 1. The Morgan fingerprint density at radius 2 is 2.06 bits per heavy atom. The highest BCUT2D eigenvalue weighted by Crippen LogP contribution is 2.22. The SMILES string of the molecule is NCC(=O)N1CCSC1.OCC1CCCCC1. The van der Waals surface area contributed by atoms with E-state index in [9.17, 15) is 4.79 Å². The van der Waals surface area contributed by atoms with Crippen molar-refractivity contribution < 1.29 is 9.90 Å². The van der Waals surface area contributed by atoms with E-state index in [1.165, 1.54) is 32.1 Å². The molecule has 0 spiro atoms. The van der Waals surface area contributed by atoms with Crippen molar-refractivity contribution in [3.8, 4) is 0 Å². The molecule has 0 unspecified atom stereocenters. The summed E-state index contributed by atoms with van der Waals surface area (Å²) in [7, 11) is 0. The van der Waals surface area contributed by atoms with Crippen LogP contribution in [0.3, 0.4) is 0 Å². The van der Waals surface area contributed by atoms with Crippen molar-refractivity contribution in [2.24, 2.45) is 11.7 Å². The van der Waals surface area contributed by atoms with Crippen LogP contribution in [0.1, 0.15) is 32.1 Å². The summed E-state index contributed by atoms with van der Waals surface area (Å²) in [5, 5.41) is 8.69. The lowest BCUT2D eigenvalue weighted by Gasteiger charge is -2.18. The van der Waals surface area contributed by atoms with Gasteiger partial charge in [-0.15, -0.1) is 11.8 Å². The standard InChI is InChI=1S/C7H14O.C5H10N2OS/c8-6-7-4-2-1-3-5-7;6-3-5(8)7-1-2-9-4-7/h7-8H,1-6H2;1-4,6H2. The van der Waals surface area contributed by atoms with E-state index in [-0.39, 0.29) is 12.5 Å². The summed E-state index contributed by atoms with van der Waals surface area (Å²) in [6.07, 6.45) is 6.58. The first kappa shape index (κ1) is 14.8. The Balaban J connectivity index is 0.000000171. The van der Waals surface area contributed by atoms with Crippen molar-refractivity contribution in [1.29, 1.82) is 0 Å². The van der Waals surface area contributed by atoms with Gasteiger partial charge in [-0.1, -0.05) is 19.3 Å². The zero-order valence-corrected chi connectivity index (χ0v) is 11.3. The van der Waals surface area contributed by atoms with Gasteiger partial charge >= 0.3 is 0 Å². The van der Waals surface area contributed by atoms with Gasteiger partial charge in [0, 0.05) is 18.9 Å². The highest BCUT2D eigenvalue weighted by Gasteiger charge is 2.15. The van der Waals surface area contributed by atoms with Gasteiger partial charge in [-0.2, -0.15) is 0 Å². The smallest absolute Gasteiger partial charge is 0.237 e. The Hall–Kier alpha value is -0.260. The molecule has 0 atom stereocenters. The van der Waals surface area contributed by atoms with E-state index in [4.69, 9.17) is 10.8 Å². The first-order valence-electron chi connectivity index (χ1n) is 6.44. The molecule has 1 amide bonds. The van der Waals surface area contributed by atoms with Gasteiger partial charge in [0.25, 0.3) is 0 Å². The molecule has 0 aromatic heterocycles. The third-order valence-electron chi connectivity index (χ3n) is 3.26. The third-order valence-corrected chi connectivity index (χ3v) is 4.23. The molecule has 2 aliphatic rings. The van der Waals surface area contributed by atoms with E-state index in [1.807, 2.05) is 0 Å². The van der Waals surface area contributed by atoms with Gasteiger partial charge in [0.05, 0.1) is 12.4 Å². The Morgan fingerprint density at radius 1 is 1.35 bits per heavy atom. The van der Waals surface area contributed by atoms with Gasteiger partial charge in [-0.05, 0) is 18.8 Å². The molecule has 1 saturated heterocycles. The first-order chi connectivity index (χ1) is 8.27. The number of aliphatic hydroxyl groups is 1. The molecule has 3 N–H and O–H groups in total. The second kappa shape index (κ2) is 8.78. The number of rotatable bonds is 2. The van der Waals surface area contributed by atoms with E-state index < -0.39 is 0 Å². The summed E-state index contributed by atoms with van der Waals surface area (Å²) in [5.74, 6) is 2.60. The monoisotopic (exact) mass is 260 g/mol. The number of carbonyl (C=O) groups is 1. The predicted octanol–water partition coefficient (Wildman–Crippen LogP) is 1.04. The number of amides is 1. The number of hydrogen-bond acceptors (Lipinski definition) is 4. The quantitative estimate of drug-likeness (QED) is 0.778. The number of hydrogen-bond donors (Lipinski definition) is 2. The van der Waals surface area contributed by atoms with Gasteiger partial charge in [0.15, 0.2) is 0 Å². The molecule has 2 rings (SSSR count). The van der Waals surface area contributed by atoms with Crippen LogP contribution < -0.4 is 5.73 Å². The highest BCUT2D eigenvalue weighted by atomic mass is 32.2. The zero-order valence-electron chi connectivity index (χ0n) is 10.4. The Labute approximate surface area is 108 Å². The molecule has 2 fully saturated rings. The molecule has 4 nitrogen and oxygen atoms in total. The molecule has 1 heterocycles.